The van der Waals surface area contributed by atoms with E-state index < -0.39 is 0 Å². The first-order chi connectivity index (χ1) is 12.3. The molecule has 0 bridgehead atoms. The van der Waals surface area contributed by atoms with Crippen molar-refractivity contribution in [2.75, 3.05) is 18.8 Å². The number of thiophene rings is 1. The lowest BCUT2D eigenvalue weighted by Crippen LogP contribution is -2.31. The zero-order chi connectivity index (χ0) is 18.9. The van der Waals surface area contributed by atoms with Crippen molar-refractivity contribution in [2.45, 2.75) is 58.9 Å². The second-order valence-corrected chi connectivity index (χ2v) is 10.1. The largest absolute Gasteiger partial charge is 0.343 e. The average molecular weight is 392 g/mol. The molecule has 2 aromatic heterocycles. The van der Waals surface area contributed by atoms with E-state index in [2.05, 4.69) is 30.7 Å². The molecule has 1 amide bonds. The Morgan fingerprint density at radius 1 is 1.31 bits per heavy atom. The molecular formula is C20H29N3OS2. The molecule has 0 unspecified atom stereocenters. The Labute approximate surface area is 164 Å². The van der Waals surface area contributed by atoms with Crippen LogP contribution < -0.4 is 0 Å². The molecule has 0 N–H and O–H groups in total. The molecular weight excluding hydrogens is 362 g/mol. The summed E-state index contributed by atoms with van der Waals surface area (Å²) in [4.78, 5) is 25.8. The summed E-state index contributed by atoms with van der Waals surface area (Å²) in [5.41, 5.74) is 1.77. The zero-order valence-electron chi connectivity index (χ0n) is 16.5. The van der Waals surface area contributed by atoms with E-state index in [0.29, 0.717) is 11.2 Å². The lowest BCUT2D eigenvalue weighted by molar-refractivity contribution is -0.127. The topological polar surface area (TPSA) is 46.1 Å². The third-order valence-electron chi connectivity index (χ3n) is 5.48. The fraction of sp³-hybridized carbons (Fsp3) is 0.650. The highest BCUT2D eigenvalue weighted by atomic mass is 32.2. The summed E-state index contributed by atoms with van der Waals surface area (Å²) in [5, 5.41) is 2.18. The van der Waals surface area contributed by atoms with Gasteiger partial charge in [-0.25, -0.2) is 9.97 Å². The van der Waals surface area contributed by atoms with Gasteiger partial charge in [-0.1, -0.05) is 32.5 Å². The molecule has 1 aliphatic carbocycles. The molecule has 2 heterocycles. The number of carbonyl (C=O) groups is 1. The second-order valence-electron chi connectivity index (χ2n) is 8.02. The molecule has 1 aliphatic rings. The summed E-state index contributed by atoms with van der Waals surface area (Å²) in [6.07, 6.45) is 5.11. The minimum absolute atomic E-state index is 0.184. The van der Waals surface area contributed by atoms with Crippen molar-refractivity contribution in [2.24, 2.45) is 11.3 Å². The smallest absolute Gasteiger partial charge is 0.232 e. The van der Waals surface area contributed by atoms with Crippen molar-refractivity contribution in [1.29, 1.82) is 0 Å². The van der Waals surface area contributed by atoms with Gasteiger partial charge in [0.1, 0.15) is 16.2 Å². The molecule has 0 saturated carbocycles. The molecule has 0 radical (unpaired) electrons. The molecule has 142 valence electrons. The van der Waals surface area contributed by atoms with Gasteiger partial charge in [-0.2, -0.15) is 0 Å². The van der Waals surface area contributed by atoms with Gasteiger partial charge in [0.05, 0.1) is 5.75 Å². The first kappa shape index (κ1) is 19.6. The summed E-state index contributed by atoms with van der Waals surface area (Å²) in [6.45, 7) is 12.6. The van der Waals surface area contributed by atoms with Crippen LogP contribution in [0.15, 0.2) is 11.4 Å². The van der Waals surface area contributed by atoms with Gasteiger partial charge >= 0.3 is 0 Å². The van der Waals surface area contributed by atoms with E-state index >= 15 is 0 Å². The Morgan fingerprint density at radius 3 is 2.69 bits per heavy atom. The third kappa shape index (κ3) is 3.91. The maximum absolute atomic E-state index is 12.4. The first-order valence-corrected chi connectivity index (χ1v) is 11.3. The standard InChI is InChI=1S/C20H29N3OS2/c1-6-23(7-2)16(24)11-25-18-17-14-9-8-13(20(3,4)5)10-15(14)26-19(17)22-12-21-18/h12-13H,6-11H2,1-5H3/t13-/m1/s1. The molecule has 1 atom stereocenters. The molecule has 0 aliphatic heterocycles. The van der Waals surface area contributed by atoms with Crippen LogP contribution in [0.2, 0.25) is 0 Å². The number of rotatable bonds is 5. The lowest BCUT2D eigenvalue weighted by Gasteiger charge is -2.33. The van der Waals surface area contributed by atoms with Crippen LogP contribution in [0.4, 0.5) is 0 Å². The highest BCUT2D eigenvalue weighted by Crippen LogP contribution is 2.44. The van der Waals surface area contributed by atoms with Crippen molar-refractivity contribution < 1.29 is 4.79 Å². The van der Waals surface area contributed by atoms with E-state index in [0.717, 1.165) is 41.7 Å². The highest BCUT2D eigenvalue weighted by molar-refractivity contribution is 8.00. The molecule has 0 fully saturated rings. The molecule has 0 aromatic carbocycles. The third-order valence-corrected chi connectivity index (χ3v) is 7.62. The quantitative estimate of drug-likeness (QED) is 0.542. The molecule has 6 heteroatoms. The molecule has 0 spiro atoms. The highest BCUT2D eigenvalue weighted by Gasteiger charge is 2.31. The van der Waals surface area contributed by atoms with Crippen molar-refractivity contribution in [3.05, 3.63) is 16.8 Å². The molecule has 4 nitrogen and oxygen atoms in total. The number of amides is 1. The minimum Gasteiger partial charge on any atom is -0.343 e. The van der Waals surface area contributed by atoms with Crippen LogP contribution in [-0.2, 0) is 17.6 Å². The predicted octanol–water partition coefficient (Wildman–Crippen LogP) is 4.80. The molecule has 3 rings (SSSR count). The van der Waals surface area contributed by atoms with Crippen LogP contribution in [0.25, 0.3) is 10.2 Å². The number of aryl methyl sites for hydroxylation is 1. The predicted molar refractivity (Wildman–Crippen MR) is 111 cm³/mol. The Morgan fingerprint density at radius 2 is 2.04 bits per heavy atom. The summed E-state index contributed by atoms with van der Waals surface area (Å²) in [7, 11) is 0. The van der Waals surface area contributed by atoms with Crippen LogP contribution in [0.1, 0.15) is 51.5 Å². The normalized spacial score (nSPS) is 17.3. The van der Waals surface area contributed by atoms with Crippen LogP contribution in [0, 0.1) is 11.3 Å². The molecule has 0 saturated heterocycles. The zero-order valence-corrected chi connectivity index (χ0v) is 18.1. The lowest BCUT2D eigenvalue weighted by atomic mass is 9.72. The number of fused-ring (bicyclic) bond motifs is 3. The first-order valence-electron chi connectivity index (χ1n) is 9.50. The maximum atomic E-state index is 12.4. The van der Waals surface area contributed by atoms with Gasteiger partial charge in [0, 0.05) is 23.4 Å². The number of carbonyl (C=O) groups excluding carboxylic acids is 1. The van der Waals surface area contributed by atoms with Crippen LogP contribution in [-0.4, -0.2) is 39.6 Å². The Bertz CT molecular complexity index is 790. The van der Waals surface area contributed by atoms with Crippen molar-refractivity contribution in [3.63, 3.8) is 0 Å². The van der Waals surface area contributed by atoms with E-state index in [4.69, 9.17) is 0 Å². The number of aromatic nitrogens is 2. The van der Waals surface area contributed by atoms with Gasteiger partial charge in [0.15, 0.2) is 0 Å². The maximum Gasteiger partial charge on any atom is 0.232 e. The monoisotopic (exact) mass is 391 g/mol. The van der Waals surface area contributed by atoms with Gasteiger partial charge in [0.2, 0.25) is 5.91 Å². The van der Waals surface area contributed by atoms with E-state index in [1.807, 2.05) is 30.1 Å². The van der Waals surface area contributed by atoms with E-state index in [1.165, 1.54) is 22.2 Å². The SMILES string of the molecule is CCN(CC)C(=O)CSc1ncnc2sc3c(c12)CC[C@@H](C(C)(C)C)C3. The number of hydrogen-bond acceptors (Lipinski definition) is 5. The van der Waals surface area contributed by atoms with Crippen molar-refractivity contribution in [3.8, 4) is 0 Å². The summed E-state index contributed by atoms with van der Waals surface area (Å²) in [5.74, 6) is 1.35. The Hall–Kier alpha value is -1.14. The van der Waals surface area contributed by atoms with Gasteiger partial charge in [-0.05, 0) is 50.0 Å². The van der Waals surface area contributed by atoms with Crippen molar-refractivity contribution in [1.82, 2.24) is 14.9 Å². The number of thioether (sulfide) groups is 1. The average Bonchev–Trinajstić information content (AvgIpc) is 2.98. The van der Waals surface area contributed by atoms with Gasteiger partial charge in [-0.3, -0.25) is 4.79 Å². The van der Waals surface area contributed by atoms with Crippen LogP contribution >= 0.6 is 23.1 Å². The van der Waals surface area contributed by atoms with Crippen molar-refractivity contribution >= 4 is 39.2 Å². The minimum atomic E-state index is 0.184. The number of hydrogen-bond donors (Lipinski definition) is 0. The Balaban J connectivity index is 1.85. The molecule has 26 heavy (non-hydrogen) atoms. The molecule has 2 aromatic rings. The number of nitrogens with zero attached hydrogens (tertiary/aromatic N) is 3. The summed E-state index contributed by atoms with van der Waals surface area (Å²) < 4.78 is 0. The van der Waals surface area contributed by atoms with Gasteiger partial charge in [-0.15, -0.1) is 11.3 Å². The Kier molecular flexibility index (Phi) is 5.92. The van der Waals surface area contributed by atoms with E-state index in [-0.39, 0.29) is 5.91 Å². The second kappa shape index (κ2) is 7.85. The fourth-order valence-corrected chi connectivity index (χ4v) is 5.99. The van der Waals surface area contributed by atoms with E-state index in [1.54, 1.807) is 18.1 Å². The van der Waals surface area contributed by atoms with Gasteiger partial charge < -0.3 is 4.90 Å². The van der Waals surface area contributed by atoms with Crippen LogP contribution in [0.5, 0.6) is 0 Å². The fourth-order valence-electron chi connectivity index (χ4n) is 3.73. The summed E-state index contributed by atoms with van der Waals surface area (Å²) >= 11 is 3.39. The van der Waals surface area contributed by atoms with Gasteiger partial charge in [0.25, 0.3) is 0 Å². The van der Waals surface area contributed by atoms with Crippen LogP contribution in [0.3, 0.4) is 0 Å². The summed E-state index contributed by atoms with van der Waals surface area (Å²) in [6, 6.07) is 0. The van der Waals surface area contributed by atoms with E-state index in [9.17, 15) is 4.79 Å².